The third-order valence-electron chi connectivity index (χ3n) is 4.21. The Hall–Kier alpha value is -3.11. The maximum atomic E-state index is 13.0. The molecule has 2 aromatic carbocycles. The minimum atomic E-state index is -3.90. The summed E-state index contributed by atoms with van der Waals surface area (Å²) < 4.78 is 47.9. The summed E-state index contributed by atoms with van der Waals surface area (Å²) in [5.41, 5.74) is 0.694. The van der Waals surface area contributed by atoms with Gasteiger partial charge in [-0.15, -0.1) is 0 Å². The smallest absolute Gasteiger partial charge is 0.247 e. The first kappa shape index (κ1) is 20.6. The molecule has 3 aromatic rings. The quantitative estimate of drug-likeness (QED) is 0.549. The van der Waals surface area contributed by atoms with Crippen LogP contribution < -0.4 is 14.2 Å². The number of nitrogens with zero attached hydrogens (tertiary/aromatic N) is 3. The van der Waals surface area contributed by atoms with Gasteiger partial charge < -0.3 is 18.7 Å². The van der Waals surface area contributed by atoms with Crippen molar-refractivity contribution in [1.82, 2.24) is 14.4 Å². The number of hydrogen-bond donors (Lipinski definition) is 0. The molecule has 1 aromatic heterocycles. The number of rotatable bonds is 8. The fourth-order valence-electron chi connectivity index (χ4n) is 2.63. The fraction of sp³-hybridized carbons (Fsp3) is 0.263. The van der Waals surface area contributed by atoms with Crippen LogP contribution in [0.3, 0.4) is 0 Å². The summed E-state index contributed by atoms with van der Waals surface area (Å²) >= 11 is 0. The predicted molar refractivity (Wildman–Crippen MR) is 104 cm³/mol. The lowest BCUT2D eigenvalue weighted by Gasteiger charge is -2.17. The van der Waals surface area contributed by atoms with E-state index in [2.05, 4.69) is 10.1 Å². The molecule has 0 atom stereocenters. The summed E-state index contributed by atoms with van der Waals surface area (Å²) in [6.45, 7) is -0.111. The van der Waals surface area contributed by atoms with Crippen LogP contribution in [0.25, 0.3) is 11.4 Å². The summed E-state index contributed by atoms with van der Waals surface area (Å²) in [6.07, 6.45) is 0. The van der Waals surface area contributed by atoms with Crippen molar-refractivity contribution in [2.45, 2.75) is 11.4 Å². The van der Waals surface area contributed by atoms with Gasteiger partial charge >= 0.3 is 0 Å². The maximum Gasteiger partial charge on any atom is 0.247 e. The molecule has 10 heteroatoms. The second-order valence-corrected chi connectivity index (χ2v) is 8.03. The lowest BCUT2D eigenvalue weighted by molar-refractivity contribution is 0.335. The van der Waals surface area contributed by atoms with Gasteiger partial charge in [-0.2, -0.15) is 9.29 Å². The van der Waals surface area contributed by atoms with Crippen molar-refractivity contribution in [1.29, 1.82) is 0 Å². The third-order valence-corrected chi connectivity index (χ3v) is 6.04. The normalized spacial score (nSPS) is 11.5. The Morgan fingerprint density at radius 1 is 1.00 bits per heavy atom. The Kier molecular flexibility index (Phi) is 6.04. The van der Waals surface area contributed by atoms with Crippen molar-refractivity contribution in [2.75, 3.05) is 28.4 Å². The van der Waals surface area contributed by atoms with E-state index in [1.165, 1.54) is 33.4 Å². The van der Waals surface area contributed by atoms with Gasteiger partial charge in [0.25, 0.3) is 0 Å². The molecule has 29 heavy (non-hydrogen) atoms. The molecule has 0 saturated heterocycles. The van der Waals surface area contributed by atoms with Crippen LogP contribution in [0.5, 0.6) is 17.2 Å². The molecule has 154 valence electrons. The molecule has 0 amide bonds. The van der Waals surface area contributed by atoms with Crippen LogP contribution >= 0.6 is 0 Å². The average molecular weight is 419 g/mol. The number of ether oxygens (including phenoxy) is 3. The first-order valence-corrected chi connectivity index (χ1v) is 9.98. The molecule has 0 radical (unpaired) electrons. The Morgan fingerprint density at radius 3 is 2.41 bits per heavy atom. The number of methoxy groups -OCH3 is 3. The van der Waals surface area contributed by atoms with E-state index in [0.717, 1.165) is 4.31 Å². The van der Waals surface area contributed by atoms with Gasteiger partial charge in [-0.25, -0.2) is 8.42 Å². The summed E-state index contributed by atoms with van der Waals surface area (Å²) in [5.74, 6) is 1.74. The molecule has 9 nitrogen and oxygen atoms in total. The molecule has 0 N–H and O–H groups in total. The van der Waals surface area contributed by atoms with Crippen LogP contribution in [0.15, 0.2) is 51.9 Å². The van der Waals surface area contributed by atoms with Gasteiger partial charge in [0.15, 0.2) is 0 Å². The van der Waals surface area contributed by atoms with Gasteiger partial charge in [-0.1, -0.05) is 17.3 Å². The van der Waals surface area contributed by atoms with Crippen LogP contribution in [0.4, 0.5) is 0 Å². The summed E-state index contributed by atoms with van der Waals surface area (Å²) in [6, 6.07) is 11.7. The molecule has 0 unspecified atom stereocenters. The second kappa shape index (κ2) is 8.50. The fourth-order valence-corrected chi connectivity index (χ4v) is 3.91. The molecule has 0 fully saturated rings. The highest BCUT2D eigenvalue weighted by molar-refractivity contribution is 7.89. The highest BCUT2D eigenvalue weighted by Crippen LogP contribution is 2.30. The van der Waals surface area contributed by atoms with E-state index in [4.69, 9.17) is 18.7 Å². The average Bonchev–Trinajstić information content (AvgIpc) is 3.21. The zero-order valence-corrected chi connectivity index (χ0v) is 17.3. The number of sulfonamides is 1. The van der Waals surface area contributed by atoms with Crippen molar-refractivity contribution in [3.63, 3.8) is 0 Å². The third kappa shape index (κ3) is 4.33. The van der Waals surface area contributed by atoms with E-state index in [1.807, 2.05) is 0 Å². The lowest BCUT2D eigenvalue weighted by Crippen LogP contribution is -2.27. The van der Waals surface area contributed by atoms with Crippen molar-refractivity contribution in [2.24, 2.45) is 0 Å². The molecule has 0 bridgehead atoms. The Morgan fingerprint density at radius 2 is 1.72 bits per heavy atom. The van der Waals surface area contributed by atoms with Crippen molar-refractivity contribution in [3.05, 3.63) is 48.4 Å². The van der Waals surface area contributed by atoms with E-state index in [0.29, 0.717) is 22.9 Å². The minimum absolute atomic E-state index is 0.0191. The predicted octanol–water partition coefficient (Wildman–Crippen LogP) is 2.58. The highest BCUT2D eigenvalue weighted by Gasteiger charge is 2.27. The Labute approximate surface area is 168 Å². The van der Waals surface area contributed by atoms with Gasteiger partial charge in [-0.05, 0) is 24.3 Å². The summed E-state index contributed by atoms with van der Waals surface area (Å²) in [4.78, 5) is 4.26. The van der Waals surface area contributed by atoms with E-state index in [9.17, 15) is 8.42 Å². The Balaban J connectivity index is 1.85. The van der Waals surface area contributed by atoms with Crippen LogP contribution in [-0.2, 0) is 16.6 Å². The van der Waals surface area contributed by atoms with Gasteiger partial charge in [0, 0.05) is 18.7 Å². The van der Waals surface area contributed by atoms with Crippen LogP contribution in [-0.4, -0.2) is 51.2 Å². The highest BCUT2D eigenvalue weighted by atomic mass is 32.2. The molecular weight excluding hydrogens is 398 g/mol. The van der Waals surface area contributed by atoms with Gasteiger partial charge in [0.1, 0.15) is 22.1 Å². The zero-order valence-electron chi connectivity index (χ0n) is 16.4. The van der Waals surface area contributed by atoms with Gasteiger partial charge in [0.05, 0.1) is 27.9 Å². The van der Waals surface area contributed by atoms with Crippen molar-refractivity contribution < 1.29 is 27.2 Å². The van der Waals surface area contributed by atoms with E-state index in [1.54, 1.807) is 37.4 Å². The van der Waals surface area contributed by atoms with Crippen LogP contribution in [0.1, 0.15) is 5.89 Å². The number of aromatic nitrogens is 2. The molecule has 0 aliphatic carbocycles. The standard InChI is InChI=1S/C19H21N3O6S/c1-22(29(23,24)17-11-15(26-3)8-9-16(17)27-4)12-18-20-19(21-28-18)13-6-5-7-14(10-13)25-2/h5-11H,12H2,1-4H3. The second-order valence-electron chi connectivity index (χ2n) is 6.02. The number of benzene rings is 2. The largest absolute Gasteiger partial charge is 0.497 e. The van der Waals surface area contributed by atoms with Crippen molar-refractivity contribution >= 4 is 10.0 Å². The minimum Gasteiger partial charge on any atom is -0.497 e. The van der Waals surface area contributed by atoms with Crippen molar-refractivity contribution in [3.8, 4) is 28.6 Å². The monoisotopic (exact) mass is 419 g/mol. The first-order valence-electron chi connectivity index (χ1n) is 8.54. The molecule has 0 aliphatic rings. The summed E-state index contributed by atoms with van der Waals surface area (Å²) in [5, 5.41) is 3.92. The molecule has 1 heterocycles. The molecule has 0 saturated carbocycles. The first-order chi connectivity index (χ1) is 13.9. The van der Waals surface area contributed by atoms with Crippen LogP contribution in [0, 0.1) is 0 Å². The summed E-state index contributed by atoms with van der Waals surface area (Å²) in [7, 11) is 1.95. The molecule has 0 aliphatic heterocycles. The molecule has 0 spiro atoms. The van der Waals surface area contributed by atoms with Gasteiger partial charge in [0.2, 0.25) is 21.7 Å². The van der Waals surface area contributed by atoms with Gasteiger partial charge in [-0.3, -0.25) is 0 Å². The molecular formula is C19H21N3O6S. The SMILES string of the molecule is COc1cccc(-c2noc(CN(C)S(=O)(=O)c3cc(OC)ccc3OC)n2)c1. The maximum absolute atomic E-state index is 13.0. The van der Waals surface area contributed by atoms with E-state index < -0.39 is 10.0 Å². The lowest BCUT2D eigenvalue weighted by atomic mass is 10.2. The zero-order chi connectivity index (χ0) is 21.0. The Bertz CT molecular complexity index is 1100. The van der Waals surface area contributed by atoms with Crippen LogP contribution in [0.2, 0.25) is 0 Å². The topological polar surface area (TPSA) is 104 Å². The molecule has 3 rings (SSSR count). The van der Waals surface area contributed by atoms with E-state index in [-0.39, 0.29) is 23.1 Å². The van der Waals surface area contributed by atoms with E-state index >= 15 is 0 Å². The number of hydrogen-bond acceptors (Lipinski definition) is 8.